The SMILES string of the molecule is Cc1ccc(OCCn2cc(Nc3ccccc3)c(=O)n(CCOc3ccc(C)cc3)c2=O)cc1. The highest BCUT2D eigenvalue weighted by Gasteiger charge is 2.12. The number of benzene rings is 3. The smallest absolute Gasteiger partial charge is 0.331 e. The van der Waals surface area contributed by atoms with Gasteiger partial charge in [-0.3, -0.25) is 13.9 Å². The first-order chi connectivity index (χ1) is 17.0. The van der Waals surface area contributed by atoms with E-state index in [2.05, 4.69) is 5.32 Å². The highest BCUT2D eigenvalue weighted by atomic mass is 16.5. The molecule has 0 unspecified atom stereocenters. The van der Waals surface area contributed by atoms with Gasteiger partial charge in [0, 0.05) is 11.9 Å². The van der Waals surface area contributed by atoms with E-state index in [1.807, 2.05) is 92.7 Å². The Morgan fingerprint density at radius 3 is 1.83 bits per heavy atom. The molecule has 0 aliphatic carbocycles. The molecule has 0 fully saturated rings. The summed E-state index contributed by atoms with van der Waals surface area (Å²) in [6, 6.07) is 24.7. The summed E-state index contributed by atoms with van der Waals surface area (Å²) in [4.78, 5) is 26.3. The van der Waals surface area contributed by atoms with Gasteiger partial charge >= 0.3 is 5.69 Å². The minimum Gasteiger partial charge on any atom is -0.492 e. The first-order valence-electron chi connectivity index (χ1n) is 11.5. The zero-order valence-corrected chi connectivity index (χ0v) is 19.9. The average molecular weight is 472 g/mol. The van der Waals surface area contributed by atoms with Gasteiger partial charge < -0.3 is 14.8 Å². The molecule has 1 heterocycles. The summed E-state index contributed by atoms with van der Waals surface area (Å²) in [6.45, 7) is 4.89. The van der Waals surface area contributed by atoms with E-state index in [-0.39, 0.29) is 26.3 Å². The summed E-state index contributed by atoms with van der Waals surface area (Å²) < 4.78 is 14.3. The van der Waals surface area contributed by atoms with Gasteiger partial charge in [0.1, 0.15) is 30.4 Å². The number of ether oxygens (including phenoxy) is 2. The normalized spacial score (nSPS) is 10.7. The average Bonchev–Trinajstić information content (AvgIpc) is 2.87. The molecule has 180 valence electrons. The first-order valence-corrected chi connectivity index (χ1v) is 11.5. The summed E-state index contributed by atoms with van der Waals surface area (Å²) in [5, 5.41) is 3.13. The lowest BCUT2D eigenvalue weighted by molar-refractivity contribution is 0.281. The lowest BCUT2D eigenvalue weighted by Crippen LogP contribution is -2.42. The lowest BCUT2D eigenvalue weighted by atomic mass is 10.2. The second-order valence-electron chi connectivity index (χ2n) is 8.29. The Hall–Kier alpha value is -4.26. The van der Waals surface area contributed by atoms with Gasteiger partial charge in [-0.2, -0.15) is 0 Å². The molecule has 0 bridgehead atoms. The van der Waals surface area contributed by atoms with Crippen molar-refractivity contribution in [1.29, 1.82) is 0 Å². The predicted molar refractivity (Wildman–Crippen MR) is 138 cm³/mol. The summed E-state index contributed by atoms with van der Waals surface area (Å²) >= 11 is 0. The number of hydrogen-bond donors (Lipinski definition) is 1. The van der Waals surface area contributed by atoms with Crippen LogP contribution in [0, 0.1) is 13.8 Å². The first kappa shape index (κ1) is 23.9. The Kier molecular flexibility index (Phi) is 7.67. The summed E-state index contributed by atoms with van der Waals surface area (Å²) in [6.07, 6.45) is 1.55. The van der Waals surface area contributed by atoms with Crippen molar-refractivity contribution in [2.75, 3.05) is 18.5 Å². The largest absolute Gasteiger partial charge is 0.492 e. The van der Waals surface area contributed by atoms with Crippen LogP contribution in [-0.4, -0.2) is 22.3 Å². The highest BCUT2D eigenvalue weighted by molar-refractivity contribution is 5.57. The van der Waals surface area contributed by atoms with Gasteiger partial charge in [-0.15, -0.1) is 0 Å². The van der Waals surface area contributed by atoms with E-state index in [0.29, 0.717) is 11.4 Å². The molecule has 1 N–H and O–H groups in total. The van der Waals surface area contributed by atoms with Crippen molar-refractivity contribution in [3.05, 3.63) is 117 Å². The van der Waals surface area contributed by atoms with E-state index in [1.54, 1.807) is 6.20 Å². The number of rotatable bonds is 10. The summed E-state index contributed by atoms with van der Waals surface area (Å²) in [7, 11) is 0. The summed E-state index contributed by atoms with van der Waals surface area (Å²) in [5.41, 5.74) is 2.53. The minimum absolute atomic E-state index is 0.120. The number of aryl methyl sites for hydroxylation is 2. The quantitative estimate of drug-likeness (QED) is 0.368. The molecule has 0 amide bonds. The topological polar surface area (TPSA) is 74.5 Å². The fourth-order valence-corrected chi connectivity index (χ4v) is 3.56. The van der Waals surface area contributed by atoms with E-state index in [4.69, 9.17) is 9.47 Å². The fraction of sp³-hybridized carbons (Fsp3) is 0.214. The van der Waals surface area contributed by atoms with Crippen molar-refractivity contribution in [2.45, 2.75) is 26.9 Å². The Morgan fingerprint density at radius 1 is 0.714 bits per heavy atom. The molecule has 4 aromatic rings. The molecule has 0 aliphatic heterocycles. The van der Waals surface area contributed by atoms with Crippen LogP contribution in [0.3, 0.4) is 0 Å². The van der Waals surface area contributed by atoms with Crippen LogP contribution in [0.5, 0.6) is 11.5 Å². The second kappa shape index (κ2) is 11.2. The number of para-hydroxylation sites is 1. The maximum Gasteiger partial charge on any atom is 0.331 e. The third-order valence-corrected chi connectivity index (χ3v) is 5.52. The fourth-order valence-electron chi connectivity index (χ4n) is 3.56. The molecule has 0 aliphatic rings. The van der Waals surface area contributed by atoms with Crippen LogP contribution in [0.4, 0.5) is 11.4 Å². The number of nitrogens with one attached hydrogen (secondary N) is 1. The Balaban J connectivity index is 1.54. The third-order valence-electron chi connectivity index (χ3n) is 5.52. The predicted octanol–water partition coefficient (Wildman–Crippen LogP) is 4.53. The molecule has 0 atom stereocenters. The van der Waals surface area contributed by atoms with Gasteiger partial charge in [0.2, 0.25) is 0 Å². The van der Waals surface area contributed by atoms with E-state index >= 15 is 0 Å². The number of nitrogens with zero attached hydrogens (tertiary/aromatic N) is 2. The van der Waals surface area contributed by atoms with E-state index in [9.17, 15) is 9.59 Å². The molecular weight excluding hydrogens is 442 g/mol. The van der Waals surface area contributed by atoms with Crippen molar-refractivity contribution in [1.82, 2.24) is 9.13 Å². The highest BCUT2D eigenvalue weighted by Crippen LogP contribution is 2.14. The maximum absolute atomic E-state index is 13.2. The van der Waals surface area contributed by atoms with Gasteiger partial charge in [-0.25, -0.2) is 4.79 Å². The number of hydrogen-bond acceptors (Lipinski definition) is 5. The van der Waals surface area contributed by atoms with Crippen LogP contribution in [0.25, 0.3) is 0 Å². The lowest BCUT2D eigenvalue weighted by Gasteiger charge is -2.15. The van der Waals surface area contributed by atoms with Crippen LogP contribution in [0.2, 0.25) is 0 Å². The molecule has 35 heavy (non-hydrogen) atoms. The van der Waals surface area contributed by atoms with Crippen molar-refractivity contribution < 1.29 is 9.47 Å². The van der Waals surface area contributed by atoms with Crippen LogP contribution in [-0.2, 0) is 13.1 Å². The Bertz CT molecular complexity index is 1360. The standard InChI is InChI=1S/C28H29N3O4/c1-21-8-12-24(13-9-21)34-18-16-30-20-26(29-23-6-4-3-5-7-23)27(32)31(28(30)33)17-19-35-25-14-10-22(2)11-15-25/h3-15,20,29H,16-19H2,1-2H3. The molecule has 0 spiro atoms. The van der Waals surface area contributed by atoms with Gasteiger partial charge in [0.25, 0.3) is 5.56 Å². The molecule has 1 aromatic heterocycles. The zero-order valence-electron chi connectivity index (χ0n) is 19.9. The molecule has 0 saturated carbocycles. The maximum atomic E-state index is 13.2. The molecule has 0 saturated heterocycles. The van der Waals surface area contributed by atoms with Crippen LogP contribution in [0.15, 0.2) is 94.6 Å². The number of anilines is 2. The van der Waals surface area contributed by atoms with E-state index < -0.39 is 11.2 Å². The van der Waals surface area contributed by atoms with Crippen molar-refractivity contribution in [2.24, 2.45) is 0 Å². The monoisotopic (exact) mass is 471 g/mol. The Labute approximate surface area is 204 Å². The van der Waals surface area contributed by atoms with Crippen LogP contribution >= 0.6 is 0 Å². The molecule has 3 aromatic carbocycles. The third kappa shape index (κ3) is 6.41. The van der Waals surface area contributed by atoms with Crippen molar-refractivity contribution in [3.8, 4) is 11.5 Å². The molecule has 0 radical (unpaired) electrons. The van der Waals surface area contributed by atoms with Gasteiger partial charge in [-0.1, -0.05) is 53.6 Å². The van der Waals surface area contributed by atoms with E-state index in [1.165, 1.54) is 9.13 Å². The number of aromatic nitrogens is 2. The van der Waals surface area contributed by atoms with Gasteiger partial charge in [0.05, 0.1) is 13.1 Å². The molecule has 4 rings (SSSR count). The summed E-state index contributed by atoms with van der Waals surface area (Å²) in [5.74, 6) is 1.42. The van der Waals surface area contributed by atoms with Gasteiger partial charge in [-0.05, 0) is 50.2 Å². The minimum atomic E-state index is -0.409. The van der Waals surface area contributed by atoms with E-state index in [0.717, 1.165) is 22.6 Å². The van der Waals surface area contributed by atoms with Crippen molar-refractivity contribution in [3.63, 3.8) is 0 Å². The van der Waals surface area contributed by atoms with Gasteiger partial charge in [0.15, 0.2) is 0 Å². The van der Waals surface area contributed by atoms with Crippen LogP contribution in [0.1, 0.15) is 11.1 Å². The molecule has 7 heteroatoms. The zero-order chi connectivity index (χ0) is 24.6. The Morgan fingerprint density at radius 2 is 1.26 bits per heavy atom. The molecule has 7 nitrogen and oxygen atoms in total. The van der Waals surface area contributed by atoms with Crippen LogP contribution < -0.4 is 26.0 Å². The van der Waals surface area contributed by atoms with Crippen molar-refractivity contribution >= 4 is 11.4 Å². The second-order valence-corrected chi connectivity index (χ2v) is 8.29. The molecular formula is C28H29N3O4.